The van der Waals surface area contributed by atoms with Crippen LogP contribution < -0.4 is 5.32 Å². The Morgan fingerprint density at radius 1 is 1.09 bits per heavy atom. The highest BCUT2D eigenvalue weighted by atomic mass is 19.1. The van der Waals surface area contributed by atoms with Gasteiger partial charge in [0.1, 0.15) is 11.6 Å². The molecule has 0 aromatic heterocycles. The first-order chi connectivity index (χ1) is 10.5. The predicted molar refractivity (Wildman–Crippen MR) is 82.9 cm³/mol. The van der Waals surface area contributed by atoms with E-state index in [1.54, 1.807) is 0 Å². The van der Waals surface area contributed by atoms with E-state index in [4.69, 9.17) is 0 Å². The van der Waals surface area contributed by atoms with Gasteiger partial charge in [-0.15, -0.1) is 0 Å². The molecule has 116 valence electrons. The maximum absolute atomic E-state index is 13.5. The highest BCUT2D eigenvalue weighted by Gasteiger charge is 2.11. The molecule has 1 amide bonds. The third kappa shape index (κ3) is 4.13. The SMILES string of the molecule is Cc1ccc(CCCNC(=O)c2ccc(F)cc2F)c(C)c1. The fourth-order valence-electron chi connectivity index (χ4n) is 2.38. The van der Waals surface area contributed by atoms with Crippen molar-refractivity contribution in [1.29, 1.82) is 0 Å². The van der Waals surface area contributed by atoms with Crippen LogP contribution in [0.15, 0.2) is 36.4 Å². The number of hydrogen-bond acceptors (Lipinski definition) is 1. The number of hydrogen-bond donors (Lipinski definition) is 1. The smallest absolute Gasteiger partial charge is 0.254 e. The number of benzene rings is 2. The van der Waals surface area contributed by atoms with Gasteiger partial charge in [0.05, 0.1) is 5.56 Å². The van der Waals surface area contributed by atoms with Crippen molar-refractivity contribution in [3.8, 4) is 0 Å². The highest BCUT2D eigenvalue weighted by Crippen LogP contribution is 2.12. The van der Waals surface area contributed by atoms with Crippen molar-refractivity contribution >= 4 is 5.91 Å². The van der Waals surface area contributed by atoms with Gasteiger partial charge in [-0.05, 0) is 49.9 Å². The monoisotopic (exact) mass is 303 g/mol. The second-order valence-electron chi connectivity index (χ2n) is 5.41. The number of aryl methyl sites for hydroxylation is 3. The van der Waals surface area contributed by atoms with Crippen LogP contribution in [0.25, 0.3) is 0 Å². The number of carbonyl (C=O) groups is 1. The van der Waals surface area contributed by atoms with Gasteiger partial charge in [-0.25, -0.2) is 8.78 Å². The normalized spacial score (nSPS) is 10.5. The van der Waals surface area contributed by atoms with Crippen LogP contribution in [-0.4, -0.2) is 12.5 Å². The molecule has 4 heteroatoms. The summed E-state index contributed by atoms with van der Waals surface area (Å²) in [6, 6.07) is 9.23. The number of rotatable bonds is 5. The molecular weight excluding hydrogens is 284 g/mol. The molecule has 0 atom stereocenters. The summed E-state index contributed by atoms with van der Waals surface area (Å²) in [6.07, 6.45) is 1.61. The van der Waals surface area contributed by atoms with Gasteiger partial charge in [-0.3, -0.25) is 4.79 Å². The van der Waals surface area contributed by atoms with E-state index in [2.05, 4.69) is 30.4 Å². The first-order valence-electron chi connectivity index (χ1n) is 7.27. The van der Waals surface area contributed by atoms with Crippen molar-refractivity contribution in [3.63, 3.8) is 0 Å². The second-order valence-corrected chi connectivity index (χ2v) is 5.41. The minimum absolute atomic E-state index is 0.132. The quantitative estimate of drug-likeness (QED) is 0.833. The molecule has 2 rings (SSSR count). The van der Waals surface area contributed by atoms with Crippen LogP contribution in [0.5, 0.6) is 0 Å². The van der Waals surface area contributed by atoms with E-state index in [1.165, 1.54) is 16.7 Å². The Hall–Kier alpha value is -2.23. The molecule has 0 unspecified atom stereocenters. The van der Waals surface area contributed by atoms with E-state index in [0.29, 0.717) is 12.6 Å². The largest absolute Gasteiger partial charge is 0.352 e. The van der Waals surface area contributed by atoms with Crippen LogP contribution in [-0.2, 0) is 6.42 Å². The van der Waals surface area contributed by atoms with E-state index < -0.39 is 17.5 Å². The molecule has 0 fully saturated rings. The molecule has 0 aliphatic rings. The van der Waals surface area contributed by atoms with Gasteiger partial charge in [-0.1, -0.05) is 23.8 Å². The van der Waals surface area contributed by atoms with E-state index >= 15 is 0 Å². The third-order valence-corrected chi connectivity index (χ3v) is 3.58. The summed E-state index contributed by atoms with van der Waals surface area (Å²) in [5, 5.41) is 2.66. The van der Waals surface area contributed by atoms with Crippen LogP contribution in [0.2, 0.25) is 0 Å². The summed E-state index contributed by atoms with van der Waals surface area (Å²) >= 11 is 0. The van der Waals surface area contributed by atoms with Gasteiger partial charge in [0.25, 0.3) is 5.91 Å². The van der Waals surface area contributed by atoms with Crippen LogP contribution in [0.1, 0.15) is 33.5 Å². The molecule has 0 aliphatic heterocycles. The molecule has 22 heavy (non-hydrogen) atoms. The average Bonchev–Trinajstić information content (AvgIpc) is 2.45. The molecular formula is C18H19F2NO. The summed E-state index contributed by atoms with van der Waals surface area (Å²) in [5.41, 5.74) is 3.57. The van der Waals surface area contributed by atoms with Crippen molar-refractivity contribution in [2.75, 3.05) is 6.54 Å². The Bertz CT molecular complexity index is 683. The van der Waals surface area contributed by atoms with Gasteiger partial charge in [0, 0.05) is 12.6 Å². The first-order valence-corrected chi connectivity index (χ1v) is 7.27. The van der Waals surface area contributed by atoms with Crippen LogP contribution in [0, 0.1) is 25.5 Å². The van der Waals surface area contributed by atoms with Gasteiger partial charge in [0.15, 0.2) is 0 Å². The minimum atomic E-state index is -0.841. The zero-order valence-corrected chi connectivity index (χ0v) is 12.7. The highest BCUT2D eigenvalue weighted by molar-refractivity contribution is 5.94. The lowest BCUT2D eigenvalue weighted by Crippen LogP contribution is -2.25. The van der Waals surface area contributed by atoms with Crippen molar-refractivity contribution in [2.45, 2.75) is 26.7 Å². The zero-order chi connectivity index (χ0) is 16.1. The van der Waals surface area contributed by atoms with Crippen LogP contribution >= 0.6 is 0 Å². The molecule has 1 N–H and O–H groups in total. The van der Waals surface area contributed by atoms with E-state index in [9.17, 15) is 13.6 Å². The number of nitrogens with one attached hydrogen (secondary N) is 1. The maximum Gasteiger partial charge on any atom is 0.254 e. The Morgan fingerprint density at radius 3 is 2.55 bits per heavy atom. The molecule has 0 bridgehead atoms. The van der Waals surface area contributed by atoms with Gasteiger partial charge in [0.2, 0.25) is 0 Å². The molecule has 0 spiro atoms. The molecule has 2 aromatic carbocycles. The van der Waals surface area contributed by atoms with E-state index in [1.807, 2.05) is 6.92 Å². The summed E-state index contributed by atoms with van der Waals surface area (Å²) in [6.45, 7) is 4.56. The lowest BCUT2D eigenvalue weighted by molar-refractivity contribution is 0.0949. The second kappa shape index (κ2) is 7.16. The molecule has 0 radical (unpaired) electrons. The lowest BCUT2D eigenvalue weighted by Gasteiger charge is -2.08. The fraction of sp³-hybridized carbons (Fsp3) is 0.278. The summed E-state index contributed by atoms with van der Waals surface area (Å²) in [7, 11) is 0. The predicted octanol–water partition coefficient (Wildman–Crippen LogP) is 3.94. The Kier molecular flexibility index (Phi) is 5.26. The van der Waals surface area contributed by atoms with Crippen molar-refractivity contribution in [2.24, 2.45) is 0 Å². The minimum Gasteiger partial charge on any atom is -0.352 e. The molecule has 2 aromatic rings. The molecule has 2 nitrogen and oxygen atoms in total. The van der Waals surface area contributed by atoms with Crippen LogP contribution in [0.3, 0.4) is 0 Å². The van der Waals surface area contributed by atoms with Crippen molar-refractivity contribution in [1.82, 2.24) is 5.32 Å². The van der Waals surface area contributed by atoms with Crippen molar-refractivity contribution in [3.05, 3.63) is 70.3 Å². The lowest BCUT2D eigenvalue weighted by atomic mass is 10.0. The van der Waals surface area contributed by atoms with Gasteiger partial charge >= 0.3 is 0 Å². The number of halogens is 2. The number of carbonyl (C=O) groups excluding carboxylic acids is 1. The van der Waals surface area contributed by atoms with Gasteiger partial charge < -0.3 is 5.32 Å². The van der Waals surface area contributed by atoms with E-state index in [-0.39, 0.29) is 5.56 Å². The molecule has 0 heterocycles. The number of amides is 1. The van der Waals surface area contributed by atoms with E-state index in [0.717, 1.165) is 25.0 Å². The summed E-state index contributed by atoms with van der Waals surface area (Å²) < 4.78 is 26.3. The summed E-state index contributed by atoms with van der Waals surface area (Å²) in [5.74, 6) is -2.05. The topological polar surface area (TPSA) is 29.1 Å². The van der Waals surface area contributed by atoms with Gasteiger partial charge in [-0.2, -0.15) is 0 Å². The zero-order valence-electron chi connectivity index (χ0n) is 12.7. The Morgan fingerprint density at radius 2 is 1.86 bits per heavy atom. The molecule has 0 saturated heterocycles. The molecule has 0 aliphatic carbocycles. The standard InChI is InChI=1S/C18H19F2NO/c1-12-5-6-14(13(2)10-12)4-3-9-21-18(22)16-8-7-15(19)11-17(16)20/h5-8,10-11H,3-4,9H2,1-2H3,(H,21,22). The first kappa shape index (κ1) is 16.1. The third-order valence-electron chi connectivity index (χ3n) is 3.58. The van der Waals surface area contributed by atoms with Crippen molar-refractivity contribution < 1.29 is 13.6 Å². The maximum atomic E-state index is 13.5. The Balaban J connectivity index is 1.84. The average molecular weight is 303 g/mol. The fourth-order valence-corrected chi connectivity index (χ4v) is 2.38. The molecule has 0 saturated carbocycles. The van der Waals surface area contributed by atoms with Crippen LogP contribution in [0.4, 0.5) is 8.78 Å². The Labute approximate surface area is 129 Å². The summed E-state index contributed by atoms with van der Waals surface area (Å²) in [4.78, 5) is 11.8.